The molecule has 66 valence electrons. The van der Waals surface area contributed by atoms with Crippen molar-refractivity contribution >= 4 is 0 Å². The molecule has 0 saturated heterocycles. The van der Waals surface area contributed by atoms with Crippen LogP contribution in [0.15, 0.2) is 53.1 Å². The second-order valence-electron chi connectivity index (χ2n) is 3.15. The van der Waals surface area contributed by atoms with E-state index in [0.717, 1.165) is 0 Å². The predicted octanol–water partition coefficient (Wildman–Crippen LogP) is 2.45. The Labute approximate surface area is 75.7 Å². The highest BCUT2D eigenvalue weighted by atomic mass is 16.3. The number of aliphatic hydroxyl groups is 1. The minimum absolute atomic E-state index is 0.0719. The van der Waals surface area contributed by atoms with Gasteiger partial charge in [0.25, 0.3) is 0 Å². The van der Waals surface area contributed by atoms with E-state index in [0.29, 0.717) is 5.70 Å². The van der Waals surface area contributed by atoms with Gasteiger partial charge >= 0.3 is 0 Å². The molecule has 0 amide bonds. The number of hydrogen-bond acceptors (Lipinski definition) is 3. The quantitative estimate of drug-likeness (QED) is 0.622. The van der Waals surface area contributed by atoms with E-state index in [9.17, 15) is 10.0 Å². The molecule has 0 aromatic rings. The van der Waals surface area contributed by atoms with Crippen LogP contribution in [-0.4, -0.2) is 5.11 Å². The molecule has 0 radical (unpaired) electrons. The van der Waals surface area contributed by atoms with Crippen LogP contribution in [0.2, 0.25) is 0 Å². The molecule has 0 saturated carbocycles. The SMILES string of the molecule is O=NC1=CC2C=C(O)C=CC2C=C1. The first kappa shape index (κ1) is 7.98. The zero-order valence-electron chi connectivity index (χ0n) is 6.92. The summed E-state index contributed by atoms with van der Waals surface area (Å²) in [5.74, 6) is 0.571. The van der Waals surface area contributed by atoms with E-state index in [1.165, 1.54) is 0 Å². The van der Waals surface area contributed by atoms with E-state index < -0.39 is 0 Å². The Morgan fingerprint density at radius 3 is 2.69 bits per heavy atom. The van der Waals surface area contributed by atoms with E-state index >= 15 is 0 Å². The molecular weight excluding hydrogens is 166 g/mol. The first-order chi connectivity index (χ1) is 6.29. The van der Waals surface area contributed by atoms with Crippen LogP contribution >= 0.6 is 0 Å². The van der Waals surface area contributed by atoms with E-state index in [2.05, 4.69) is 5.18 Å². The van der Waals surface area contributed by atoms with Crippen LogP contribution in [0, 0.1) is 16.7 Å². The third-order valence-corrected chi connectivity index (χ3v) is 2.25. The smallest absolute Gasteiger partial charge is 0.111 e. The molecule has 2 aliphatic rings. The fourth-order valence-corrected chi connectivity index (χ4v) is 1.58. The van der Waals surface area contributed by atoms with Gasteiger partial charge < -0.3 is 5.11 Å². The zero-order valence-corrected chi connectivity index (χ0v) is 6.92. The number of aliphatic hydroxyl groups excluding tert-OH is 1. The van der Waals surface area contributed by atoms with Crippen molar-refractivity contribution in [3.8, 4) is 0 Å². The Morgan fingerprint density at radius 1 is 1.15 bits per heavy atom. The molecule has 13 heavy (non-hydrogen) atoms. The second kappa shape index (κ2) is 3.01. The van der Waals surface area contributed by atoms with E-state index in [-0.39, 0.29) is 17.6 Å². The Morgan fingerprint density at radius 2 is 1.92 bits per heavy atom. The van der Waals surface area contributed by atoms with Gasteiger partial charge in [0.2, 0.25) is 0 Å². The lowest BCUT2D eigenvalue weighted by molar-refractivity contribution is 0.416. The van der Waals surface area contributed by atoms with Gasteiger partial charge in [-0.15, -0.1) is 4.91 Å². The van der Waals surface area contributed by atoms with Crippen LogP contribution in [0.5, 0.6) is 0 Å². The summed E-state index contributed by atoms with van der Waals surface area (Å²) in [6.07, 6.45) is 10.7. The fraction of sp³-hybridized carbons (Fsp3) is 0.200. The molecular formula is C10H9NO2. The topological polar surface area (TPSA) is 49.7 Å². The molecule has 3 nitrogen and oxygen atoms in total. The zero-order chi connectivity index (χ0) is 9.26. The Kier molecular flexibility index (Phi) is 1.85. The number of rotatable bonds is 1. The molecule has 2 aliphatic carbocycles. The van der Waals surface area contributed by atoms with Crippen molar-refractivity contribution < 1.29 is 5.11 Å². The minimum atomic E-state index is 0.0719. The summed E-state index contributed by atoms with van der Waals surface area (Å²) in [4.78, 5) is 10.2. The van der Waals surface area contributed by atoms with Gasteiger partial charge in [0, 0.05) is 11.8 Å². The summed E-state index contributed by atoms with van der Waals surface area (Å²) in [7, 11) is 0. The standard InChI is InChI=1S/C10H9NO2/c12-10-4-2-7-1-3-9(11-13)5-8(7)6-10/h1-8,12H. The molecule has 0 aromatic heterocycles. The summed E-state index contributed by atoms with van der Waals surface area (Å²) in [5.41, 5.74) is 0.431. The number of nitroso groups, excluding NO2 is 1. The summed E-state index contributed by atoms with van der Waals surface area (Å²) in [6.45, 7) is 0. The molecule has 2 unspecified atom stereocenters. The fourth-order valence-electron chi connectivity index (χ4n) is 1.58. The molecule has 0 aromatic carbocycles. The molecule has 3 heteroatoms. The first-order valence-corrected chi connectivity index (χ1v) is 4.12. The normalized spacial score (nSPS) is 30.5. The van der Waals surface area contributed by atoms with E-state index in [1.807, 2.05) is 12.2 Å². The third kappa shape index (κ3) is 1.45. The maximum Gasteiger partial charge on any atom is 0.111 e. The van der Waals surface area contributed by atoms with Gasteiger partial charge in [-0.2, -0.15) is 0 Å². The van der Waals surface area contributed by atoms with Gasteiger partial charge in [0.1, 0.15) is 11.5 Å². The number of allylic oxidation sites excluding steroid dienone is 6. The average Bonchev–Trinajstić information content (AvgIpc) is 2.16. The van der Waals surface area contributed by atoms with Crippen molar-refractivity contribution in [2.24, 2.45) is 17.0 Å². The molecule has 2 atom stereocenters. The third-order valence-electron chi connectivity index (χ3n) is 2.25. The molecule has 0 heterocycles. The highest BCUT2D eigenvalue weighted by molar-refractivity contribution is 5.34. The maximum absolute atomic E-state index is 10.2. The number of nitrogens with zero attached hydrogens (tertiary/aromatic N) is 1. The maximum atomic E-state index is 10.2. The Bertz CT molecular complexity index is 350. The van der Waals surface area contributed by atoms with Gasteiger partial charge in [-0.3, -0.25) is 0 Å². The molecule has 0 spiro atoms. The van der Waals surface area contributed by atoms with Crippen LogP contribution in [0.25, 0.3) is 0 Å². The van der Waals surface area contributed by atoms with Gasteiger partial charge in [-0.1, -0.05) is 12.2 Å². The van der Waals surface area contributed by atoms with Gasteiger partial charge in [0.05, 0.1) is 0 Å². The second-order valence-corrected chi connectivity index (χ2v) is 3.15. The van der Waals surface area contributed by atoms with Crippen molar-refractivity contribution in [2.75, 3.05) is 0 Å². The minimum Gasteiger partial charge on any atom is -0.508 e. The lowest BCUT2D eigenvalue weighted by atomic mass is 9.84. The van der Waals surface area contributed by atoms with E-state index in [1.54, 1.807) is 24.3 Å². The van der Waals surface area contributed by atoms with Gasteiger partial charge in [0.15, 0.2) is 0 Å². The van der Waals surface area contributed by atoms with Gasteiger partial charge in [-0.05, 0) is 29.5 Å². The molecule has 1 N–H and O–H groups in total. The van der Waals surface area contributed by atoms with Crippen LogP contribution in [0.4, 0.5) is 0 Å². The largest absolute Gasteiger partial charge is 0.508 e. The summed E-state index contributed by atoms with van der Waals surface area (Å²) < 4.78 is 0. The van der Waals surface area contributed by atoms with Crippen LogP contribution in [-0.2, 0) is 0 Å². The lowest BCUT2D eigenvalue weighted by Gasteiger charge is -2.21. The van der Waals surface area contributed by atoms with Crippen LogP contribution in [0.1, 0.15) is 0 Å². The van der Waals surface area contributed by atoms with Crippen molar-refractivity contribution in [2.45, 2.75) is 0 Å². The Balaban J connectivity index is 2.30. The van der Waals surface area contributed by atoms with Crippen molar-refractivity contribution in [1.29, 1.82) is 0 Å². The molecule has 0 aliphatic heterocycles. The van der Waals surface area contributed by atoms with Crippen molar-refractivity contribution in [3.05, 3.63) is 52.8 Å². The van der Waals surface area contributed by atoms with Crippen molar-refractivity contribution in [3.63, 3.8) is 0 Å². The highest BCUT2D eigenvalue weighted by Crippen LogP contribution is 2.29. The van der Waals surface area contributed by atoms with Crippen LogP contribution in [0.3, 0.4) is 0 Å². The van der Waals surface area contributed by atoms with Gasteiger partial charge in [-0.25, -0.2) is 0 Å². The molecule has 0 fully saturated rings. The molecule has 0 bridgehead atoms. The highest BCUT2D eigenvalue weighted by Gasteiger charge is 2.20. The lowest BCUT2D eigenvalue weighted by Crippen LogP contribution is -2.12. The number of hydrogen-bond donors (Lipinski definition) is 1. The monoisotopic (exact) mass is 175 g/mol. The Hall–Kier alpha value is -1.64. The molecule has 2 rings (SSSR count). The van der Waals surface area contributed by atoms with E-state index in [4.69, 9.17) is 0 Å². The summed E-state index contributed by atoms with van der Waals surface area (Å²) in [5, 5.41) is 12.1. The van der Waals surface area contributed by atoms with Crippen LogP contribution < -0.4 is 0 Å². The first-order valence-electron chi connectivity index (χ1n) is 4.12. The average molecular weight is 175 g/mol. The van der Waals surface area contributed by atoms with Crippen molar-refractivity contribution in [1.82, 2.24) is 0 Å². The summed E-state index contributed by atoms with van der Waals surface area (Å²) in [6, 6.07) is 0. The predicted molar refractivity (Wildman–Crippen MR) is 49.8 cm³/mol. The summed E-state index contributed by atoms with van der Waals surface area (Å²) >= 11 is 0. The number of fused-ring (bicyclic) bond motifs is 1.